The molecule has 0 bridgehead atoms. The molecule has 1 saturated heterocycles. The fourth-order valence-corrected chi connectivity index (χ4v) is 5.32. The minimum atomic E-state index is -1.07. The number of carboxylic acids is 1. The Morgan fingerprint density at radius 2 is 1.90 bits per heavy atom. The van der Waals surface area contributed by atoms with E-state index in [4.69, 9.17) is 16.3 Å². The number of aromatic nitrogens is 3. The summed E-state index contributed by atoms with van der Waals surface area (Å²) in [5.74, 6) is -0.301. The molecule has 0 unspecified atom stereocenters. The molecule has 9 heteroatoms. The van der Waals surface area contributed by atoms with Crippen LogP contribution in [0.15, 0.2) is 60.8 Å². The zero-order chi connectivity index (χ0) is 27.5. The highest BCUT2D eigenvalue weighted by Gasteiger charge is 2.20. The molecular weight excluding hydrogens is 519 g/mol. The first kappa shape index (κ1) is 26.8. The molecule has 4 aromatic rings. The fourth-order valence-electron chi connectivity index (χ4n) is 5.06. The second-order valence-electron chi connectivity index (χ2n) is 9.74. The van der Waals surface area contributed by atoms with Gasteiger partial charge in [-0.25, -0.2) is 18.9 Å². The monoisotopic (exact) mass is 548 g/mol. The van der Waals surface area contributed by atoms with Gasteiger partial charge < -0.3 is 14.7 Å². The first-order valence-electron chi connectivity index (χ1n) is 13.0. The summed E-state index contributed by atoms with van der Waals surface area (Å²) in [5, 5.41) is 13.7. The molecule has 7 nitrogen and oxygen atoms in total. The van der Waals surface area contributed by atoms with Crippen LogP contribution >= 0.6 is 11.6 Å². The van der Waals surface area contributed by atoms with Crippen molar-refractivity contribution in [2.75, 3.05) is 19.6 Å². The number of ether oxygens (including phenoxy) is 1. The number of likely N-dealkylation sites (tertiary alicyclic amines) is 1. The number of halogens is 2. The van der Waals surface area contributed by atoms with Gasteiger partial charge in [-0.3, -0.25) is 0 Å². The van der Waals surface area contributed by atoms with Crippen molar-refractivity contribution in [3.63, 3.8) is 0 Å². The Balaban J connectivity index is 1.37. The van der Waals surface area contributed by atoms with Gasteiger partial charge in [0.1, 0.15) is 23.7 Å². The Bertz CT molecular complexity index is 1480. The Hall–Kier alpha value is -3.75. The Morgan fingerprint density at radius 1 is 1.15 bits per heavy atom. The van der Waals surface area contributed by atoms with Crippen LogP contribution in [0.2, 0.25) is 5.02 Å². The molecule has 5 rings (SSSR count). The van der Waals surface area contributed by atoms with Crippen molar-refractivity contribution >= 4 is 17.6 Å². The third-order valence-electron chi connectivity index (χ3n) is 7.35. The van der Waals surface area contributed by atoms with Crippen molar-refractivity contribution in [2.24, 2.45) is 0 Å². The topological polar surface area (TPSA) is 80.5 Å². The van der Waals surface area contributed by atoms with Crippen molar-refractivity contribution < 1.29 is 19.0 Å². The van der Waals surface area contributed by atoms with Gasteiger partial charge in [0.15, 0.2) is 5.82 Å². The lowest BCUT2D eigenvalue weighted by molar-refractivity contribution is 0.0696. The van der Waals surface area contributed by atoms with Crippen molar-refractivity contribution in [2.45, 2.75) is 39.2 Å². The summed E-state index contributed by atoms with van der Waals surface area (Å²) < 4.78 is 22.0. The zero-order valence-corrected chi connectivity index (χ0v) is 22.7. The number of piperidine rings is 1. The molecule has 2 aromatic heterocycles. The van der Waals surface area contributed by atoms with E-state index in [2.05, 4.69) is 46.2 Å². The van der Waals surface area contributed by atoms with E-state index in [0.29, 0.717) is 34.4 Å². The van der Waals surface area contributed by atoms with Crippen LogP contribution in [0, 0.1) is 12.7 Å². The molecule has 202 valence electrons. The van der Waals surface area contributed by atoms with E-state index in [1.54, 1.807) is 25.1 Å². The SMILES string of the molecule is CCN1CCC(c2ccc(COc3c(Cl)cc(F)cc3-c3cccc(-n4ncc(C(=O)O)c4C)n3)cc2)CC1. The predicted octanol–water partition coefficient (Wildman–Crippen LogP) is 6.51. The lowest BCUT2D eigenvalue weighted by atomic mass is 9.89. The molecule has 1 aliphatic heterocycles. The van der Waals surface area contributed by atoms with E-state index in [9.17, 15) is 14.3 Å². The second-order valence-corrected chi connectivity index (χ2v) is 10.2. The Labute approximate surface area is 231 Å². The highest BCUT2D eigenvalue weighted by molar-refractivity contribution is 6.32. The molecule has 39 heavy (non-hydrogen) atoms. The van der Waals surface area contributed by atoms with Crippen molar-refractivity contribution in [3.05, 3.63) is 94.0 Å². The van der Waals surface area contributed by atoms with E-state index in [-0.39, 0.29) is 17.2 Å². The standard InChI is InChI=1S/C30H30ClFN4O3/c1-3-35-13-11-22(12-14-35)21-9-7-20(8-10-21)18-39-29-24(15-23(32)16-26(29)31)27-5-4-6-28(34-27)36-19(2)25(17-33-36)30(37)38/h4-10,15-17,22H,3,11-14,18H2,1-2H3,(H,37,38). The number of aromatic carboxylic acids is 1. The second kappa shape index (κ2) is 11.6. The van der Waals surface area contributed by atoms with Crippen LogP contribution in [0.25, 0.3) is 17.1 Å². The molecule has 3 heterocycles. The molecule has 0 aliphatic carbocycles. The summed E-state index contributed by atoms with van der Waals surface area (Å²) in [6.07, 6.45) is 3.61. The molecule has 0 radical (unpaired) electrons. The van der Waals surface area contributed by atoms with Gasteiger partial charge >= 0.3 is 5.97 Å². The van der Waals surface area contributed by atoms with Gasteiger partial charge in [0.25, 0.3) is 0 Å². The smallest absolute Gasteiger partial charge is 0.339 e. The average Bonchev–Trinajstić information content (AvgIpc) is 3.34. The van der Waals surface area contributed by atoms with Gasteiger partial charge in [-0.15, -0.1) is 0 Å². The van der Waals surface area contributed by atoms with Gasteiger partial charge in [-0.2, -0.15) is 5.10 Å². The maximum absolute atomic E-state index is 14.5. The van der Waals surface area contributed by atoms with Gasteiger partial charge in [0, 0.05) is 5.56 Å². The number of pyridine rings is 1. The summed E-state index contributed by atoms with van der Waals surface area (Å²) in [6.45, 7) is 7.48. The molecule has 2 aromatic carbocycles. The summed E-state index contributed by atoms with van der Waals surface area (Å²) in [4.78, 5) is 18.5. The van der Waals surface area contributed by atoms with Crippen molar-refractivity contribution in [3.8, 4) is 22.8 Å². The van der Waals surface area contributed by atoms with Crippen molar-refractivity contribution in [1.82, 2.24) is 19.7 Å². The van der Waals surface area contributed by atoms with Crippen LogP contribution in [0.1, 0.15) is 52.9 Å². The third-order valence-corrected chi connectivity index (χ3v) is 7.63. The van der Waals surface area contributed by atoms with Gasteiger partial charge in [-0.05, 0) is 80.7 Å². The lowest BCUT2D eigenvalue weighted by Crippen LogP contribution is -2.32. The van der Waals surface area contributed by atoms with Crippen molar-refractivity contribution in [1.29, 1.82) is 0 Å². The Morgan fingerprint density at radius 3 is 2.56 bits per heavy atom. The summed E-state index contributed by atoms with van der Waals surface area (Å²) in [7, 11) is 0. The normalized spacial score (nSPS) is 14.5. The molecule has 0 atom stereocenters. The number of rotatable bonds is 8. The highest BCUT2D eigenvalue weighted by atomic mass is 35.5. The predicted molar refractivity (Wildman–Crippen MR) is 148 cm³/mol. The summed E-state index contributed by atoms with van der Waals surface area (Å²) in [6, 6.07) is 16.2. The average molecular weight is 549 g/mol. The number of hydrogen-bond acceptors (Lipinski definition) is 5. The number of carboxylic acid groups (broad SMARTS) is 1. The summed E-state index contributed by atoms with van der Waals surface area (Å²) >= 11 is 6.44. The Kier molecular flexibility index (Phi) is 7.95. The largest absolute Gasteiger partial charge is 0.487 e. The van der Waals surface area contributed by atoms with Crippen LogP contribution in [0.4, 0.5) is 4.39 Å². The number of hydrogen-bond donors (Lipinski definition) is 1. The van der Waals surface area contributed by atoms with E-state index < -0.39 is 11.8 Å². The quantitative estimate of drug-likeness (QED) is 0.270. The van der Waals surface area contributed by atoms with Gasteiger partial charge in [-0.1, -0.05) is 48.9 Å². The molecule has 1 fully saturated rings. The van der Waals surface area contributed by atoms with Gasteiger partial charge in [0.2, 0.25) is 0 Å². The molecule has 0 amide bonds. The zero-order valence-electron chi connectivity index (χ0n) is 21.9. The molecular formula is C30H30ClFN4O3. The third kappa shape index (κ3) is 5.82. The summed E-state index contributed by atoms with van der Waals surface area (Å²) in [5.41, 5.74) is 3.65. The molecule has 1 N–H and O–H groups in total. The molecule has 0 spiro atoms. The number of benzene rings is 2. The van der Waals surface area contributed by atoms with Gasteiger partial charge in [0.05, 0.1) is 22.6 Å². The first-order chi connectivity index (χ1) is 18.8. The minimum absolute atomic E-state index is 0.0810. The fraction of sp³-hybridized carbons (Fsp3) is 0.300. The van der Waals surface area contributed by atoms with E-state index >= 15 is 0 Å². The van der Waals surface area contributed by atoms with E-state index in [1.807, 2.05) is 0 Å². The van der Waals surface area contributed by atoms with Crippen LogP contribution in [-0.4, -0.2) is 50.4 Å². The number of nitrogens with zero attached hydrogens (tertiary/aromatic N) is 4. The first-order valence-corrected chi connectivity index (χ1v) is 13.4. The molecule has 1 aliphatic rings. The minimum Gasteiger partial charge on any atom is -0.487 e. The maximum Gasteiger partial charge on any atom is 0.339 e. The maximum atomic E-state index is 14.5. The number of carbonyl (C=O) groups is 1. The van der Waals surface area contributed by atoms with Crippen LogP contribution in [0.3, 0.4) is 0 Å². The van der Waals surface area contributed by atoms with E-state index in [0.717, 1.165) is 25.2 Å². The van der Waals surface area contributed by atoms with Crippen LogP contribution in [0.5, 0.6) is 5.75 Å². The lowest BCUT2D eigenvalue weighted by Gasteiger charge is -2.31. The van der Waals surface area contributed by atoms with Crippen LogP contribution < -0.4 is 4.74 Å². The van der Waals surface area contributed by atoms with E-state index in [1.165, 1.54) is 41.4 Å². The highest BCUT2D eigenvalue weighted by Crippen LogP contribution is 2.37. The molecule has 0 saturated carbocycles. The van der Waals surface area contributed by atoms with Crippen LogP contribution in [-0.2, 0) is 6.61 Å².